The molecule has 1 nitrogen and oxygen atoms in total. The minimum absolute atomic E-state index is 0. The molecular formula is C17H26ClN. The highest BCUT2D eigenvalue weighted by molar-refractivity contribution is 5.85. The average molecular weight is 280 g/mol. The van der Waals surface area contributed by atoms with Gasteiger partial charge in [0.05, 0.1) is 6.04 Å². The van der Waals surface area contributed by atoms with E-state index in [-0.39, 0.29) is 24.0 Å². The molecule has 2 heteroatoms. The van der Waals surface area contributed by atoms with Crippen molar-refractivity contribution in [2.45, 2.75) is 51.1 Å². The fourth-order valence-corrected chi connectivity index (χ4v) is 3.02. The van der Waals surface area contributed by atoms with E-state index < -0.39 is 0 Å². The highest BCUT2D eigenvalue weighted by Gasteiger charge is 2.34. The van der Waals surface area contributed by atoms with Gasteiger partial charge in [0.2, 0.25) is 0 Å². The van der Waals surface area contributed by atoms with E-state index in [1.165, 1.54) is 31.2 Å². The molecule has 0 radical (unpaired) electrons. The van der Waals surface area contributed by atoms with Crippen LogP contribution in [0.3, 0.4) is 0 Å². The van der Waals surface area contributed by atoms with E-state index >= 15 is 0 Å². The Morgan fingerprint density at radius 2 is 2.00 bits per heavy atom. The third-order valence-corrected chi connectivity index (χ3v) is 4.55. The van der Waals surface area contributed by atoms with E-state index in [1.807, 2.05) is 6.08 Å². The lowest BCUT2D eigenvalue weighted by atomic mass is 9.74. The van der Waals surface area contributed by atoms with Crippen LogP contribution in [0.4, 0.5) is 0 Å². The summed E-state index contributed by atoms with van der Waals surface area (Å²) in [5.74, 6) is 0.734. The van der Waals surface area contributed by atoms with E-state index in [1.54, 1.807) is 0 Å². The van der Waals surface area contributed by atoms with Crippen LogP contribution in [0.2, 0.25) is 0 Å². The molecular weight excluding hydrogens is 254 g/mol. The van der Waals surface area contributed by atoms with Crippen molar-refractivity contribution < 1.29 is 0 Å². The smallest absolute Gasteiger partial charge is 0.0507 e. The molecule has 0 saturated heterocycles. The van der Waals surface area contributed by atoms with Gasteiger partial charge in [0.1, 0.15) is 0 Å². The van der Waals surface area contributed by atoms with Crippen LogP contribution in [0.5, 0.6) is 0 Å². The van der Waals surface area contributed by atoms with Crippen molar-refractivity contribution >= 4 is 12.4 Å². The molecule has 0 heterocycles. The molecule has 1 aliphatic carbocycles. The Kier molecular flexibility index (Phi) is 6.09. The molecule has 0 aromatic heterocycles. The highest BCUT2D eigenvalue weighted by Crippen LogP contribution is 2.35. The molecule has 2 rings (SSSR count). The molecule has 106 valence electrons. The van der Waals surface area contributed by atoms with Gasteiger partial charge in [0, 0.05) is 5.54 Å². The first kappa shape index (κ1) is 16.3. The number of nitrogens with one attached hydrogen (secondary N) is 1. The number of rotatable bonds is 4. The van der Waals surface area contributed by atoms with Crippen LogP contribution < -0.4 is 5.32 Å². The lowest BCUT2D eigenvalue weighted by molar-refractivity contribution is 0.164. The monoisotopic (exact) mass is 279 g/mol. The van der Waals surface area contributed by atoms with E-state index in [9.17, 15) is 0 Å². The minimum Gasteiger partial charge on any atom is -0.301 e. The van der Waals surface area contributed by atoms with Crippen molar-refractivity contribution in [3.05, 3.63) is 48.6 Å². The Morgan fingerprint density at radius 1 is 1.32 bits per heavy atom. The molecule has 1 aliphatic rings. The van der Waals surface area contributed by atoms with Crippen LogP contribution in [-0.2, 0) is 0 Å². The van der Waals surface area contributed by atoms with Crippen molar-refractivity contribution in [1.82, 2.24) is 5.32 Å². The summed E-state index contributed by atoms with van der Waals surface area (Å²) in [5, 5.41) is 3.83. The van der Waals surface area contributed by atoms with Crippen LogP contribution in [-0.4, -0.2) is 5.54 Å². The third kappa shape index (κ3) is 3.84. The predicted octanol–water partition coefficient (Wildman–Crippen LogP) is 4.89. The molecule has 1 aromatic rings. The molecule has 1 N–H and O–H groups in total. The Morgan fingerprint density at radius 3 is 2.58 bits per heavy atom. The summed E-state index contributed by atoms with van der Waals surface area (Å²) < 4.78 is 0. The van der Waals surface area contributed by atoms with Crippen LogP contribution in [0.25, 0.3) is 0 Å². The van der Waals surface area contributed by atoms with Crippen molar-refractivity contribution in [2.24, 2.45) is 5.92 Å². The van der Waals surface area contributed by atoms with Crippen molar-refractivity contribution in [2.75, 3.05) is 0 Å². The van der Waals surface area contributed by atoms with Crippen molar-refractivity contribution in [1.29, 1.82) is 0 Å². The number of benzene rings is 1. The Bertz CT molecular complexity index is 390. The Hall–Kier alpha value is -0.790. The lowest BCUT2D eigenvalue weighted by Gasteiger charge is -2.43. The zero-order chi connectivity index (χ0) is 13.0. The summed E-state index contributed by atoms with van der Waals surface area (Å²) in [4.78, 5) is 0. The quantitative estimate of drug-likeness (QED) is 0.774. The summed E-state index contributed by atoms with van der Waals surface area (Å²) in [6.45, 7) is 8.74. The highest BCUT2D eigenvalue weighted by atomic mass is 35.5. The first-order chi connectivity index (χ1) is 8.65. The van der Waals surface area contributed by atoms with Gasteiger partial charge in [0.15, 0.2) is 0 Å². The SMILES string of the molecule is C=CC(NC1(C)CCCCC1C)c1ccccc1.Cl. The van der Waals surface area contributed by atoms with Gasteiger partial charge in [-0.15, -0.1) is 19.0 Å². The largest absolute Gasteiger partial charge is 0.301 e. The number of hydrogen-bond donors (Lipinski definition) is 1. The lowest BCUT2D eigenvalue weighted by Crippen LogP contribution is -2.50. The maximum absolute atomic E-state index is 4.00. The van der Waals surface area contributed by atoms with Gasteiger partial charge in [-0.1, -0.05) is 56.2 Å². The average Bonchev–Trinajstić information content (AvgIpc) is 2.41. The topological polar surface area (TPSA) is 12.0 Å². The van der Waals surface area contributed by atoms with Gasteiger partial charge in [-0.05, 0) is 31.2 Å². The molecule has 19 heavy (non-hydrogen) atoms. The van der Waals surface area contributed by atoms with Gasteiger partial charge in [0.25, 0.3) is 0 Å². The van der Waals surface area contributed by atoms with E-state index in [0.29, 0.717) is 0 Å². The second kappa shape index (κ2) is 7.12. The van der Waals surface area contributed by atoms with Crippen LogP contribution in [0, 0.1) is 5.92 Å². The van der Waals surface area contributed by atoms with Crippen molar-refractivity contribution in [3.8, 4) is 0 Å². The van der Waals surface area contributed by atoms with Gasteiger partial charge < -0.3 is 5.32 Å². The van der Waals surface area contributed by atoms with Gasteiger partial charge in [-0.2, -0.15) is 0 Å². The molecule has 0 spiro atoms. The number of halogens is 1. The van der Waals surface area contributed by atoms with E-state index in [0.717, 1.165) is 5.92 Å². The summed E-state index contributed by atoms with van der Waals surface area (Å²) >= 11 is 0. The van der Waals surface area contributed by atoms with Crippen LogP contribution in [0.15, 0.2) is 43.0 Å². The Balaban J connectivity index is 0.00000180. The Labute approximate surface area is 123 Å². The first-order valence-corrected chi connectivity index (χ1v) is 7.11. The summed E-state index contributed by atoms with van der Waals surface area (Å²) in [6, 6.07) is 10.9. The molecule has 3 atom stereocenters. The molecule has 1 fully saturated rings. The van der Waals surface area contributed by atoms with Crippen LogP contribution in [0.1, 0.15) is 51.1 Å². The molecule has 1 saturated carbocycles. The summed E-state index contributed by atoms with van der Waals surface area (Å²) in [6.07, 6.45) is 7.35. The maximum Gasteiger partial charge on any atom is 0.0507 e. The standard InChI is InChI=1S/C17H25N.ClH/c1-4-16(15-11-6-5-7-12-15)18-17(3)13-9-8-10-14(17)2;/h4-7,11-12,14,16,18H,1,8-10,13H2,2-3H3;1H. The minimum atomic E-state index is 0. The summed E-state index contributed by atoms with van der Waals surface area (Å²) in [5.41, 5.74) is 1.55. The van der Waals surface area contributed by atoms with Gasteiger partial charge >= 0.3 is 0 Å². The fourth-order valence-electron chi connectivity index (χ4n) is 3.02. The zero-order valence-electron chi connectivity index (χ0n) is 12.1. The second-order valence-corrected chi connectivity index (χ2v) is 5.83. The van der Waals surface area contributed by atoms with Gasteiger partial charge in [-0.3, -0.25) is 0 Å². The second-order valence-electron chi connectivity index (χ2n) is 5.83. The zero-order valence-corrected chi connectivity index (χ0v) is 12.9. The first-order valence-electron chi connectivity index (χ1n) is 7.11. The van der Waals surface area contributed by atoms with Crippen molar-refractivity contribution in [3.63, 3.8) is 0 Å². The van der Waals surface area contributed by atoms with E-state index in [4.69, 9.17) is 0 Å². The van der Waals surface area contributed by atoms with Crippen LogP contribution >= 0.6 is 12.4 Å². The molecule has 0 amide bonds. The number of hydrogen-bond acceptors (Lipinski definition) is 1. The summed E-state index contributed by atoms with van der Waals surface area (Å²) in [7, 11) is 0. The predicted molar refractivity (Wildman–Crippen MR) is 85.8 cm³/mol. The molecule has 0 aliphatic heterocycles. The molecule has 0 bridgehead atoms. The maximum atomic E-state index is 4.00. The third-order valence-electron chi connectivity index (χ3n) is 4.55. The van der Waals surface area contributed by atoms with E-state index in [2.05, 4.69) is 56.1 Å². The molecule has 1 aromatic carbocycles. The van der Waals surface area contributed by atoms with Gasteiger partial charge in [-0.25, -0.2) is 0 Å². The molecule has 3 unspecified atom stereocenters. The fraction of sp³-hybridized carbons (Fsp3) is 0.529. The normalized spacial score (nSPS) is 28.2.